The van der Waals surface area contributed by atoms with E-state index >= 15 is 0 Å². The van der Waals surface area contributed by atoms with Gasteiger partial charge < -0.3 is 5.32 Å². The van der Waals surface area contributed by atoms with Crippen molar-refractivity contribution in [1.82, 2.24) is 5.32 Å². The summed E-state index contributed by atoms with van der Waals surface area (Å²) in [5.74, 6) is 0.223. The monoisotopic (exact) mass is 221 g/mol. The minimum Gasteiger partial charge on any atom is -0.311 e. The van der Waals surface area contributed by atoms with Crippen LogP contribution in [0.1, 0.15) is 5.56 Å². The highest BCUT2D eigenvalue weighted by Crippen LogP contribution is 2.18. The Kier molecular flexibility index (Phi) is 4.50. The number of nitrogens with one attached hydrogen (secondary N) is 1. The summed E-state index contributed by atoms with van der Waals surface area (Å²) in [5, 5.41) is 3.42. The molecule has 0 radical (unpaired) electrons. The van der Waals surface area contributed by atoms with Gasteiger partial charge in [-0.1, -0.05) is 17.7 Å². The van der Waals surface area contributed by atoms with Gasteiger partial charge in [0.2, 0.25) is 0 Å². The maximum absolute atomic E-state index is 13.1. The van der Waals surface area contributed by atoms with Crippen LogP contribution in [0.15, 0.2) is 18.2 Å². The van der Waals surface area contributed by atoms with Gasteiger partial charge in [0.1, 0.15) is 5.82 Å². The molecule has 0 atom stereocenters. The largest absolute Gasteiger partial charge is 0.311 e. The van der Waals surface area contributed by atoms with Crippen molar-refractivity contribution in [3.8, 4) is 0 Å². The smallest absolute Gasteiger partial charge is 0.129 e. The van der Waals surface area contributed by atoms with E-state index in [9.17, 15) is 4.39 Å². The number of alkyl halides is 1. The van der Waals surface area contributed by atoms with Crippen LogP contribution in [-0.4, -0.2) is 12.4 Å². The zero-order valence-corrected chi connectivity index (χ0v) is 8.50. The Morgan fingerprint density at radius 1 is 1.38 bits per heavy atom. The Morgan fingerprint density at radius 3 is 2.77 bits per heavy atom. The molecule has 0 spiro atoms. The minimum atomic E-state index is -0.283. The van der Waals surface area contributed by atoms with Gasteiger partial charge in [0.25, 0.3) is 0 Å². The van der Waals surface area contributed by atoms with Crippen LogP contribution >= 0.6 is 23.2 Å². The van der Waals surface area contributed by atoms with Crippen LogP contribution in [0.2, 0.25) is 5.02 Å². The summed E-state index contributed by atoms with van der Waals surface area (Å²) in [7, 11) is 0. The highest BCUT2D eigenvalue weighted by Gasteiger charge is 2.04. The molecule has 0 bridgehead atoms. The van der Waals surface area contributed by atoms with Crippen molar-refractivity contribution in [3.63, 3.8) is 0 Å². The molecule has 1 aromatic carbocycles. The highest BCUT2D eigenvalue weighted by atomic mass is 35.5. The first-order chi connectivity index (χ1) is 6.25. The average molecular weight is 222 g/mol. The van der Waals surface area contributed by atoms with E-state index in [-0.39, 0.29) is 5.82 Å². The van der Waals surface area contributed by atoms with Crippen molar-refractivity contribution in [2.45, 2.75) is 6.54 Å². The molecule has 4 heteroatoms. The molecule has 0 amide bonds. The number of halogens is 3. The SMILES string of the molecule is Fc1cccc(Cl)c1CNCCCl. The molecule has 1 rings (SSSR count). The second-order valence-electron chi connectivity index (χ2n) is 2.57. The standard InChI is InChI=1S/C9H10Cl2FN/c10-4-5-13-6-7-8(11)2-1-3-9(7)12/h1-3,13H,4-6H2. The van der Waals surface area contributed by atoms with Crippen LogP contribution in [0.4, 0.5) is 4.39 Å². The summed E-state index contributed by atoms with van der Waals surface area (Å²) < 4.78 is 13.1. The third-order valence-corrected chi connectivity index (χ3v) is 2.18. The molecule has 0 unspecified atom stereocenters. The van der Waals surface area contributed by atoms with E-state index in [2.05, 4.69) is 5.32 Å². The van der Waals surface area contributed by atoms with Crippen molar-refractivity contribution < 1.29 is 4.39 Å². The lowest BCUT2D eigenvalue weighted by atomic mass is 10.2. The lowest BCUT2D eigenvalue weighted by Crippen LogP contribution is -2.16. The van der Waals surface area contributed by atoms with Crippen molar-refractivity contribution in [1.29, 1.82) is 0 Å². The van der Waals surface area contributed by atoms with Gasteiger partial charge in [0.05, 0.1) is 0 Å². The maximum atomic E-state index is 13.1. The summed E-state index contributed by atoms with van der Waals surface area (Å²) in [6.07, 6.45) is 0. The Balaban J connectivity index is 2.64. The molecule has 0 aromatic heterocycles. The summed E-state index contributed by atoms with van der Waals surface area (Å²) in [6, 6.07) is 4.65. The fourth-order valence-electron chi connectivity index (χ4n) is 0.981. The van der Waals surface area contributed by atoms with Crippen molar-refractivity contribution in [3.05, 3.63) is 34.6 Å². The number of hydrogen-bond acceptors (Lipinski definition) is 1. The lowest BCUT2D eigenvalue weighted by molar-refractivity contribution is 0.594. The Hall–Kier alpha value is -0.310. The third kappa shape index (κ3) is 3.14. The van der Waals surface area contributed by atoms with Crippen molar-refractivity contribution in [2.24, 2.45) is 0 Å². The molecule has 0 saturated carbocycles. The third-order valence-electron chi connectivity index (χ3n) is 1.63. The zero-order valence-electron chi connectivity index (χ0n) is 6.99. The molecule has 13 heavy (non-hydrogen) atoms. The second kappa shape index (κ2) is 5.43. The molecule has 1 aromatic rings. The molecule has 0 aliphatic carbocycles. The van der Waals surface area contributed by atoms with E-state index < -0.39 is 0 Å². The molecular formula is C9H10Cl2FN. The van der Waals surface area contributed by atoms with Gasteiger partial charge in [-0.3, -0.25) is 0 Å². The van der Waals surface area contributed by atoms with E-state index in [0.29, 0.717) is 29.6 Å². The molecule has 72 valence electrons. The predicted molar refractivity (Wildman–Crippen MR) is 53.8 cm³/mol. The second-order valence-corrected chi connectivity index (χ2v) is 3.35. The fraction of sp³-hybridized carbons (Fsp3) is 0.333. The van der Waals surface area contributed by atoms with Crippen LogP contribution in [0, 0.1) is 5.82 Å². The van der Waals surface area contributed by atoms with E-state index in [1.165, 1.54) is 6.07 Å². The van der Waals surface area contributed by atoms with Gasteiger partial charge in [-0.05, 0) is 12.1 Å². The van der Waals surface area contributed by atoms with E-state index in [1.807, 2.05) is 0 Å². The van der Waals surface area contributed by atoms with Gasteiger partial charge in [-0.15, -0.1) is 11.6 Å². The normalized spacial score (nSPS) is 10.4. The number of rotatable bonds is 4. The summed E-state index contributed by atoms with van der Waals surface area (Å²) in [6.45, 7) is 1.06. The van der Waals surface area contributed by atoms with Crippen molar-refractivity contribution in [2.75, 3.05) is 12.4 Å². The molecule has 1 N–H and O–H groups in total. The molecule has 0 saturated heterocycles. The van der Waals surface area contributed by atoms with E-state index in [4.69, 9.17) is 23.2 Å². The Bertz CT molecular complexity index is 258. The van der Waals surface area contributed by atoms with Gasteiger partial charge in [-0.25, -0.2) is 4.39 Å². The number of benzene rings is 1. The van der Waals surface area contributed by atoms with E-state index in [1.54, 1.807) is 12.1 Å². The number of hydrogen-bond donors (Lipinski definition) is 1. The van der Waals surface area contributed by atoms with Crippen LogP contribution in [0.5, 0.6) is 0 Å². The summed E-state index contributed by atoms with van der Waals surface area (Å²) in [4.78, 5) is 0. The first-order valence-corrected chi connectivity index (χ1v) is 4.86. The first-order valence-electron chi connectivity index (χ1n) is 3.95. The van der Waals surface area contributed by atoms with Crippen LogP contribution in [-0.2, 0) is 6.54 Å². The van der Waals surface area contributed by atoms with Gasteiger partial charge in [0, 0.05) is 29.6 Å². The minimum absolute atomic E-state index is 0.283. The first kappa shape index (κ1) is 10.8. The Morgan fingerprint density at radius 2 is 2.15 bits per heavy atom. The quantitative estimate of drug-likeness (QED) is 0.610. The maximum Gasteiger partial charge on any atom is 0.129 e. The van der Waals surface area contributed by atoms with Crippen LogP contribution in [0.25, 0.3) is 0 Å². The molecule has 0 fully saturated rings. The topological polar surface area (TPSA) is 12.0 Å². The predicted octanol–water partition coefficient (Wildman–Crippen LogP) is 2.81. The van der Waals surface area contributed by atoms with Crippen molar-refractivity contribution >= 4 is 23.2 Å². The Labute approximate surface area is 86.8 Å². The molecule has 0 heterocycles. The van der Waals surface area contributed by atoms with Gasteiger partial charge >= 0.3 is 0 Å². The molecule has 1 nitrogen and oxygen atoms in total. The zero-order chi connectivity index (χ0) is 9.68. The average Bonchev–Trinajstić information content (AvgIpc) is 2.10. The molecule has 0 aliphatic heterocycles. The van der Waals surface area contributed by atoms with Gasteiger partial charge in [-0.2, -0.15) is 0 Å². The van der Waals surface area contributed by atoms with E-state index in [0.717, 1.165) is 0 Å². The summed E-state index contributed by atoms with van der Waals surface area (Å²) in [5.41, 5.74) is 0.495. The fourth-order valence-corrected chi connectivity index (χ4v) is 1.34. The van der Waals surface area contributed by atoms with Crippen LogP contribution in [0.3, 0.4) is 0 Å². The summed E-state index contributed by atoms with van der Waals surface area (Å²) >= 11 is 11.3. The molecular weight excluding hydrogens is 212 g/mol. The highest BCUT2D eigenvalue weighted by molar-refractivity contribution is 6.31. The lowest BCUT2D eigenvalue weighted by Gasteiger charge is -2.05. The molecule has 0 aliphatic rings. The van der Waals surface area contributed by atoms with Gasteiger partial charge in [0.15, 0.2) is 0 Å². The van der Waals surface area contributed by atoms with Crippen LogP contribution < -0.4 is 5.32 Å².